The first-order chi connectivity index (χ1) is 11.2. The van der Waals surface area contributed by atoms with Crippen molar-refractivity contribution in [2.75, 3.05) is 26.4 Å². The average Bonchev–Trinajstić information content (AvgIpc) is 2.43. The Morgan fingerprint density at radius 1 is 0.760 bits per heavy atom. The van der Waals surface area contributed by atoms with Crippen LogP contribution >= 0.6 is 15.6 Å². The first kappa shape index (κ1) is 32.7. The number of aliphatic hydroxyl groups excluding tert-OH is 3. The maximum Gasteiger partial charge on any atom is 0.466 e. The Bertz CT molecular complexity index is 282. The lowest BCUT2D eigenvalue weighted by atomic mass is 10.3. The van der Waals surface area contributed by atoms with Crippen molar-refractivity contribution in [2.45, 2.75) is 45.6 Å². The summed E-state index contributed by atoms with van der Waals surface area (Å²) in [6.45, 7) is 5.55. The summed E-state index contributed by atoms with van der Waals surface area (Å²) in [5.41, 5.74) is 0. The van der Waals surface area contributed by atoms with Crippen molar-refractivity contribution in [3.05, 3.63) is 0 Å². The molecule has 0 spiro atoms. The van der Waals surface area contributed by atoms with Gasteiger partial charge in [0.2, 0.25) is 0 Å². The van der Waals surface area contributed by atoms with E-state index in [0.717, 1.165) is 13.2 Å². The van der Waals surface area contributed by atoms with Crippen molar-refractivity contribution in [3.8, 4) is 0 Å². The Hall–Kier alpha value is 0.0600. The van der Waals surface area contributed by atoms with Crippen LogP contribution in [0.15, 0.2) is 0 Å². The largest absolute Gasteiger partial charge is 0.466 e. The van der Waals surface area contributed by atoms with Gasteiger partial charge in [0, 0.05) is 13.2 Å². The molecule has 0 fully saturated rings. The summed E-state index contributed by atoms with van der Waals surface area (Å²) < 4.78 is 23.1. The number of hydrogen-bond acceptors (Lipinski definition) is 6. The zero-order valence-electron chi connectivity index (χ0n) is 14.4. The van der Waals surface area contributed by atoms with E-state index in [-0.39, 0.29) is 13.2 Å². The lowest BCUT2D eigenvalue weighted by molar-refractivity contribution is 0.0450. The van der Waals surface area contributed by atoms with Gasteiger partial charge in [0.05, 0.1) is 13.2 Å². The maximum absolute atomic E-state index is 8.88. The lowest BCUT2D eigenvalue weighted by Gasteiger charge is -1.99. The van der Waals surface area contributed by atoms with Crippen LogP contribution in [0, 0.1) is 0 Å². The molecule has 0 aromatic rings. The second-order valence-corrected chi connectivity index (χ2v) is 6.42. The number of aliphatic hydroxyl groups is 3. The molecule has 12 nitrogen and oxygen atoms in total. The van der Waals surface area contributed by atoms with Crippen LogP contribution in [0.2, 0.25) is 0 Å². The Morgan fingerprint density at radius 2 is 1.00 bits per heavy atom. The van der Waals surface area contributed by atoms with Crippen molar-refractivity contribution in [1.29, 1.82) is 0 Å². The summed E-state index contributed by atoms with van der Waals surface area (Å²) in [5.74, 6) is 0. The normalized spacial score (nSPS) is 10.7. The fourth-order valence-corrected chi connectivity index (χ4v) is 0.653. The van der Waals surface area contributed by atoms with Gasteiger partial charge in [-0.2, -0.15) is 0 Å². The molecule has 25 heavy (non-hydrogen) atoms. The van der Waals surface area contributed by atoms with Crippen molar-refractivity contribution in [1.82, 2.24) is 0 Å². The van der Waals surface area contributed by atoms with E-state index in [1.54, 1.807) is 0 Å². The number of phosphoric acid groups is 2. The highest BCUT2D eigenvalue weighted by Crippen LogP contribution is 2.26. The molecule has 0 radical (unpaired) electrons. The SMILES string of the molecule is CCCCOCCCC.O=P(O)(O)O.O=P(O)(O)O.OCC(O)CO. The van der Waals surface area contributed by atoms with E-state index in [9.17, 15) is 0 Å². The second kappa shape index (κ2) is 22.1. The smallest absolute Gasteiger partial charge is 0.394 e. The molecule has 0 aromatic carbocycles. The first-order valence-corrected chi connectivity index (χ1v) is 10.4. The van der Waals surface area contributed by atoms with Crippen LogP contribution in [0.5, 0.6) is 0 Å². The van der Waals surface area contributed by atoms with Gasteiger partial charge < -0.3 is 49.4 Å². The van der Waals surface area contributed by atoms with E-state index in [4.69, 9.17) is 58.5 Å². The minimum Gasteiger partial charge on any atom is -0.394 e. The molecule has 0 unspecified atom stereocenters. The summed E-state index contributed by atoms with van der Waals surface area (Å²) in [7, 11) is -9.28. The summed E-state index contributed by atoms with van der Waals surface area (Å²) in [6.07, 6.45) is 3.95. The highest BCUT2D eigenvalue weighted by molar-refractivity contribution is 7.45. The van der Waals surface area contributed by atoms with E-state index < -0.39 is 21.7 Å². The van der Waals surface area contributed by atoms with Crippen molar-refractivity contribution >= 4 is 15.6 Å². The Labute approximate surface area is 147 Å². The minimum absolute atomic E-state index is 0.365. The maximum atomic E-state index is 8.88. The fourth-order valence-electron chi connectivity index (χ4n) is 0.653. The topological polar surface area (TPSA) is 225 Å². The van der Waals surface area contributed by atoms with Crippen LogP contribution in [-0.2, 0) is 13.9 Å². The van der Waals surface area contributed by atoms with E-state index in [0.29, 0.717) is 0 Å². The number of rotatable bonds is 8. The standard InChI is InChI=1S/C8H18O.C3H8O3.2H3O4P/c1-3-5-7-9-8-6-4-2;4-1-3(6)2-5;2*1-5(2,3)4/h3-8H2,1-2H3;3-6H,1-2H2;2*(H3,1,2,3,4). The minimum atomic E-state index is -4.64. The molecule has 158 valence electrons. The van der Waals surface area contributed by atoms with Crippen LogP contribution in [0.4, 0.5) is 0 Å². The van der Waals surface area contributed by atoms with E-state index in [2.05, 4.69) is 13.8 Å². The van der Waals surface area contributed by atoms with Crippen LogP contribution in [0.3, 0.4) is 0 Å². The summed E-state index contributed by atoms with van der Waals surface area (Å²) in [4.78, 5) is 43.1. The molecule has 0 aliphatic carbocycles. The fraction of sp³-hybridized carbons (Fsp3) is 1.00. The van der Waals surface area contributed by atoms with Gasteiger partial charge in [-0.3, -0.25) is 0 Å². The van der Waals surface area contributed by atoms with E-state index in [1.165, 1.54) is 25.7 Å². The number of unbranched alkanes of at least 4 members (excludes halogenated alkanes) is 2. The third-order valence-corrected chi connectivity index (χ3v) is 1.71. The third kappa shape index (κ3) is 116. The Kier molecular flexibility index (Phi) is 28.9. The van der Waals surface area contributed by atoms with Crippen molar-refractivity contribution in [2.24, 2.45) is 0 Å². The van der Waals surface area contributed by atoms with Gasteiger partial charge in [0.15, 0.2) is 0 Å². The Balaban J connectivity index is -0.000000122. The van der Waals surface area contributed by atoms with Gasteiger partial charge in [-0.25, -0.2) is 9.13 Å². The monoisotopic (exact) mass is 418 g/mol. The highest BCUT2D eigenvalue weighted by Gasteiger charge is 2.00. The molecule has 0 bridgehead atoms. The molecule has 0 atom stereocenters. The summed E-state index contributed by atoms with van der Waals surface area (Å²) in [5, 5.41) is 24.0. The van der Waals surface area contributed by atoms with Gasteiger partial charge in [-0.15, -0.1) is 0 Å². The van der Waals surface area contributed by atoms with Crippen molar-refractivity contribution in [3.63, 3.8) is 0 Å². The zero-order chi connectivity index (χ0) is 20.9. The molecule has 0 heterocycles. The molecule has 0 saturated carbocycles. The summed E-state index contributed by atoms with van der Waals surface area (Å²) in [6, 6.07) is 0. The predicted molar refractivity (Wildman–Crippen MR) is 89.3 cm³/mol. The van der Waals surface area contributed by atoms with E-state index >= 15 is 0 Å². The highest BCUT2D eigenvalue weighted by atomic mass is 31.2. The Morgan fingerprint density at radius 3 is 1.12 bits per heavy atom. The molecule has 14 heteroatoms. The molecule has 0 saturated heterocycles. The third-order valence-electron chi connectivity index (χ3n) is 1.71. The summed E-state index contributed by atoms with van der Waals surface area (Å²) >= 11 is 0. The molecule has 0 rings (SSSR count). The zero-order valence-corrected chi connectivity index (χ0v) is 16.2. The quantitative estimate of drug-likeness (QED) is 0.172. The van der Waals surface area contributed by atoms with Crippen LogP contribution in [-0.4, -0.2) is 77.2 Å². The molecule has 0 aliphatic rings. The van der Waals surface area contributed by atoms with Crippen LogP contribution in [0.25, 0.3) is 0 Å². The molecule has 9 N–H and O–H groups in total. The second-order valence-electron chi connectivity index (χ2n) is 4.37. The average molecular weight is 418 g/mol. The van der Waals surface area contributed by atoms with Gasteiger partial charge in [-0.1, -0.05) is 26.7 Å². The van der Waals surface area contributed by atoms with Crippen LogP contribution in [0.1, 0.15) is 39.5 Å². The molecule has 0 amide bonds. The van der Waals surface area contributed by atoms with Gasteiger partial charge in [-0.05, 0) is 12.8 Å². The van der Waals surface area contributed by atoms with Gasteiger partial charge >= 0.3 is 15.6 Å². The molecular weight excluding hydrogens is 386 g/mol. The van der Waals surface area contributed by atoms with Gasteiger partial charge in [0.25, 0.3) is 0 Å². The molecule has 0 aliphatic heterocycles. The first-order valence-electron chi connectivity index (χ1n) is 7.26. The van der Waals surface area contributed by atoms with Gasteiger partial charge in [0.1, 0.15) is 6.10 Å². The molecule has 0 aromatic heterocycles. The number of hydrogen-bond donors (Lipinski definition) is 9. The van der Waals surface area contributed by atoms with E-state index in [1.807, 2.05) is 0 Å². The number of ether oxygens (including phenoxy) is 1. The lowest BCUT2D eigenvalue weighted by Crippen LogP contribution is -2.15. The molecular formula is C11H32O12P2. The van der Waals surface area contributed by atoms with Crippen LogP contribution < -0.4 is 0 Å². The van der Waals surface area contributed by atoms with Crippen molar-refractivity contribution < 1.29 is 58.5 Å². The predicted octanol–water partition coefficient (Wildman–Crippen LogP) is -0.922.